The summed E-state index contributed by atoms with van der Waals surface area (Å²) >= 11 is 7.77. The van der Waals surface area contributed by atoms with E-state index in [9.17, 15) is 31.5 Å². The van der Waals surface area contributed by atoms with Gasteiger partial charge in [-0.3, -0.25) is 4.99 Å². The van der Waals surface area contributed by atoms with Crippen LogP contribution in [-0.2, 0) is 15.8 Å². The molecule has 10 nitrogen and oxygen atoms in total. The van der Waals surface area contributed by atoms with Crippen LogP contribution in [-0.4, -0.2) is 57.6 Å². The van der Waals surface area contributed by atoms with E-state index in [4.69, 9.17) is 16.6 Å². The molecule has 0 unspecified atom stereocenters. The first-order valence-electron chi connectivity index (χ1n) is 13.1. The van der Waals surface area contributed by atoms with Crippen molar-refractivity contribution < 1.29 is 31.5 Å². The summed E-state index contributed by atoms with van der Waals surface area (Å²) in [5, 5.41) is 15.9. The van der Waals surface area contributed by atoms with Gasteiger partial charge in [0.25, 0.3) is 0 Å². The van der Waals surface area contributed by atoms with Gasteiger partial charge < -0.3 is 10.0 Å². The molecular weight excluding hydrogens is 641 g/mol. The Hall–Kier alpha value is -4.05. The van der Waals surface area contributed by atoms with Crippen molar-refractivity contribution in [2.24, 2.45) is 4.99 Å². The van der Waals surface area contributed by atoms with Crippen LogP contribution >= 0.6 is 22.9 Å². The standard InChI is InChI=1S/C28H22ClF3N6O4S2/c29-20-11-16(30)5-6-19(20)24-23(21-7-9-38(35-21)28(31)32)22-12-17(13-37(22)25(34-24)26-33-8-10-43-26)36-44(41,42)14-15-3-1-2-4-18(15)27(39)40/h1-11,17,24,28,36H,12-14H2,(H,39,40)/t17-,24-/m0/s1. The van der Waals surface area contributed by atoms with Gasteiger partial charge in [0.15, 0.2) is 10.8 Å². The monoisotopic (exact) mass is 662 g/mol. The Labute approximate surface area is 258 Å². The Kier molecular flexibility index (Phi) is 8.04. The molecule has 44 heavy (non-hydrogen) atoms. The Morgan fingerprint density at radius 2 is 2.00 bits per heavy atom. The Bertz CT molecular complexity index is 1910. The number of halogens is 4. The zero-order valence-corrected chi connectivity index (χ0v) is 24.8. The van der Waals surface area contributed by atoms with Crippen molar-refractivity contribution in [3.63, 3.8) is 0 Å². The van der Waals surface area contributed by atoms with Crippen molar-refractivity contribution in [1.29, 1.82) is 0 Å². The second-order valence-electron chi connectivity index (χ2n) is 10.0. The molecule has 2 aromatic heterocycles. The van der Waals surface area contributed by atoms with Crippen LogP contribution in [0.2, 0.25) is 5.02 Å². The number of nitrogens with one attached hydrogen (secondary N) is 1. The number of rotatable bonds is 9. The highest BCUT2D eigenvalue weighted by Gasteiger charge is 2.42. The maximum absolute atomic E-state index is 14.0. The number of aliphatic imine (C=N–C) groups is 1. The zero-order valence-electron chi connectivity index (χ0n) is 22.4. The summed E-state index contributed by atoms with van der Waals surface area (Å²) in [7, 11) is -4.05. The summed E-state index contributed by atoms with van der Waals surface area (Å²) in [6, 6.07) is 9.41. The molecule has 2 aliphatic rings. The minimum atomic E-state index is -4.05. The van der Waals surface area contributed by atoms with E-state index in [1.165, 1.54) is 47.7 Å². The number of hydrogen-bond donors (Lipinski definition) is 2. The van der Waals surface area contributed by atoms with E-state index in [0.717, 1.165) is 12.3 Å². The molecule has 1 saturated heterocycles. The van der Waals surface area contributed by atoms with Gasteiger partial charge in [-0.25, -0.2) is 32.0 Å². The van der Waals surface area contributed by atoms with Crippen LogP contribution in [0.15, 0.2) is 77.0 Å². The largest absolute Gasteiger partial charge is 0.478 e. The van der Waals surface area contributed by atoms with E-state index in [0.29, 0.717) is 32.4 Å². The fourth-order valence-corrected chi connectivity index (χ4v) is 7.71. The summed E-state index contributed by atoms with van der Waals surface area (Å²) in [5.74, 6) is -1.99. The molecule has 6 rings (SSSR count). The number of nitrogens with zero attached hydrogens (tertiary/aromatic N) is 5. The highest BCUT2D eigenvalue weighted by molar-refractivity contribution is 7.88. The van der Waals surface area contributed by atoms with Gasteiger partial charge >= 0.3 is 12.5 Å². The van der Waals surface area contributed by atoms with Gasteiger partial charge in [0.2, 0.25) is 10.0 Å². The number of sulfonamides is 1. The Morgan fingerprint density at radius 1 is 1.20 bits per heavy atom. The van der Waals surface area contributed by atoms with Crippen LogP contribution in [0, 0.1) is 5.82 Å². The van der Waals surface area contributed by atoms with E-state index in [1.807, 2.05) is 0 Å². The van der Waals surface area contributed by atoms with Gasteiger partial charge in [-0.1, -0.05) is 35.9 Å². The Morgan fingerprint density at radius 3 is 2.68 bits per heavy atom. The first kappa shape index (κ1) is 30.0. The number of hydrogen-bond acceptors (Lipinski definition) is 8. The first-order valence-corrected chi connectivity index (χ1v) is 16.0. The predicted octanol–water partition coefficient (Wildman–Crippen LogP) is 5.33. The second-order valence-corrected chi connectivity index (χ2v) is 13.1. The number of aromatic carboxylic acids is 1. The van der Waals surface area contributed by atoms with Crippen molar-refractivity contribution in [1.82, 2.24) is 24.4 Å². The second kappa shape index (κ2) is 11.8. The lowest BCUT2D eigenvalue weighted by atomic mass is 9.92. The molecule has 0 bridgehead atoms. The molecule has 0 aliphatic carbocycles. The van der Waals surface area contributed by atoms with Crippen LogP contribution in [0.4, 0.5) is 13.2 Å². The summed E-state index contributed by atoms with van der Waals surface area (Å²) in [6.45, 7) is -2.80. The highest BCUT2D eigenvalue weighted by Crippen LogP contribution is 2.46. The third kappa shape index (κ3) is 5.87. The fraction of sp³-hybridized carbons (Fsp3) is 0.214. The number of alkyl halides is 2. The van der Waals surface area contributed by atoms with Gasteiger partial charge in [0.1, 0.15) is 11.9 Å². The molecular formula is C28H22ClF3N6O4S2. The Balaban J connectivity index is 1.43. The van der Waals surface area contributed by atoms with Crippen molar-refractivity contribution in [2.45, 2.75) is 30.8 Å². The van der Waals surface area contributed by atoms with E-state index < -0.39 is 46.2 Å². The third-order valence-electron chi connectivity index (χ3n) is 7.16. The van der Waals surface area contributed by atoms with E-state index in [1.54, 1.807) is 22.5 Å². The van der Waals surface area contributed by atoms with Crippen molar-refractivity contribution >= 4 is 50.3 Å². The van der Waals surface area contributed by atoms with Crippen molar-refractivity contribution in [3.8, 4) is 0 Å². The van der Waals surface area contributed by atoms with Gasteiger partial charge in [0.05, 0.1) is 17.0 Å². The van der Waals surface area contributed by atoms with E-state index in [-0.39, 0.29) is 34.8 Å². The highest BCUT2D eigenvalue weighted by atomic mass is 35.5. The lowest BCUT2D eigenvalue weighted by Gasteiger charge is -2.32. The number of carboxylic acid groups (broad SMARTS) is 1. The van der Waals surface area contributed by atoms with Crippen molar-refractivity contribution in [2.75, 3.05) is 6.54 Å². The normalized spacial score (nSPS) is 18.6. The molecule has 4 heterocycles. The molecule has 1 fully saturated rings. The first-order chi connectivity index (χ1) is 21.0. The predicted molar refractivity (Wildman–Crippen MR) is 157 cm³/mol. The SMILES string of the molecule is O=C(O)c1ccccc1CS(=O)(=O)N[C@H]1CC2=C(c3ccn(C(F)F)n3)[C@H](c3ccc(F)cc3Cl)N=C(c3nccs3)N2C1. The fourth-order valence-electron chi connectivity index (χ4n) is 5.39. The van der Waals surface area contributed by atoms with E-state index in [2.05, 4.69) is 14.8 Å². The quantitative estimate of drug-likeness (QED) is 0.248. The van der Waals surface area contributed by atoms with Gasteiger partial charge in [-0.2, -0.15) is 13.9 Å². The molecule has 228 valence electrons. The minimum absolute atomic E-state index is 0.0597. The molecule has 0 saturated carbocycles. The maximum atomic E-state index is 14.0. The number of amidine groups is 1. The summed E-state index contributed by atoms with van der Waals surface area (Å²) in [4.78, 5) is 22.7. The average molecular weight is 663 g/mol. The average Bonchev–Trinajstić information content (AvgIpc) is 3.73. The molecule has 16 heteroatoms. The molecule has 2 N–H and O–H groups in total. The lowest BCUT2D eigenvalue weighted by molar-refractivity contribution is 0.0564. The molecule has 0 amide bonds. The number of fused-ring (bicyclic) bond motifs is 1. The number of aromatic nitrogens is 3. The maximum Gasteiger partial charge on any atom is 0.335 e. The smallest absolute Gasteiger partial charge is 0.335 e. The van der Waals surface area contributed by atoms with Gasteiger partial charge in [0, 0.05) is 58.6 Å². The van der Waals surface area contributed by atoms with Gasteiger partial charge in [-0.15, -0.1) is 11.3 Å². The van der Waals surface area contributed by atoms with Crippen LogP contribution in [0.3, 0.4) is 0 Å². The summed E-state index contributed by atoms with van der Waals surface area (Å²) in [6.07, 6.45) is 2.81. The molecule has 0 radical (unpaired) electrons. The summed E-state index contributed by atoms with van der Waals surface area (Å²) < 4.78 is 70.9. The molecule has 0 spiro atoms. The van der Waals surface area contributed by atoms with Crippen LogP contribution < -0.4 is 4.72 Å². The number of benzene rings is 2. The number of carbonyl (C=O) groups is 1. The minimum Gasteiger partial charge on any atom is -0.478 e. The molecule has 2 aromatic carbocycles. The number of thiazole rings is 1. The van der Waals surface area contributed by atoms with E-state index >= 15 is 0 Å². The van der Waals surface area contributed by atoms with Gasteiger partial charge in [-0.05, 0) is 29.8 Å². The van der Waals surface area contributed by atoms with Crippen LogP contribution in [0.25, 0.3) is 5.57 Å². The third-order valence-corrected chi connectivity index (χ3v) is 9.64. The van der Waals surface area contributed by atoms with Crippen molar-refractivity contribution in [3.05, 3.63) is 110 Å². The molecule has 2 atom stereocenters. The molecule has 4 aromatic rings. The van der Waals surface area contributed by atoms with Crippen LogP contribution in [0.1, 0.15) is 51.2 Å². The molecule has 2 aliphatic heterocycles. The number of carboxylic acids is 1. The van der Waals surface area contributed by atoms with Crippen LogP contribution in [0.5, 0.6) is 0 Å². The summed E-state index contributed by atoms with van der Waals surface area (Å²) in [5.41, 5.74) is 1.50. The topological polar surface area (TPSA) is 130 Å². The lowest BCUT2D eigenvalue weighted by Crippen LogP contribution is -2.39. The zero-order chi connectivity index (χ0) is 31.2.